The molecule has 0 bridgehead atoms. The molecule has 0 aliphatic heterocycles. The SMILES string of the molecule is Cn1ccc(Cn2c(CCl)nc3c(F)cc(F)cc32)n1. The van der Waals surface area contributed by atoms with Gasteiger partial charge in [0.05, 0.1) is 23.6 Å². The average molecular weight is 297 g/mol. The van der Waals surface area contributed by atoms with Crippen LogP contribution in [0, 0.1) is 11.6 Å². The van der Waals surface area contributed by atoms with Gasteiger partial charge in [-0.1, -0.05) is 0 Å². The number of rotatable bonds is 3. The Labute approximate surface area is 118 Å². The van der Waals surface area contributed by atoms with Crippen molar-refractivity contribution in [3.05, 3.63) is 47.5 Å². The Kier molecular flexibility index (Phi) is 3.17. The molecule has 0 radical (unpaired) electrons. The van der Waals surface area contributed by atoms with Gasteiger partial charge in [-0.05, 0) is 12.1 Å². The summed E-state index contributed by atoms with van der Waals surface area (Å²) in [6.07, 6.45) is 1.80. The highest BCUT2D eigenvalue weighted by Gasteiger charge is 2.15. The highest BCUT2D eigenvalue weighted by Crippen LogP contribution is 2.22. The van der Waals surface area contributed by atoms with Crippen LogP contribution in [-0.4, -0.2) is 19.3 Å². The lowest BCUT2D eigenvalue weighted by Gasteiger charge is -2.05. The summed E-state index contributed by atoms with van der Waals surface area (Å²) in [5.41, 5.74) is 1.27. The number of halogens is 3. The molecule has 3 aromatic rings. The van der Waals surface area contributed by atoms with Gasteiger partial charge in [0, 0.05) is 19.3 Å². The summed E-state index contributed by atoms with van der Waals surface area (Å²) in [5, 5.41) is 4.25. The first kappa shape index (κ1) is 13.1. The number of fused-ring (bicyclic) bond motifs is 1. The maximum absolute atomic E-state index is 13.7. The summed E-state index contributed by atoms with van der Waals surface area (Å²) in [7, 11) is 1.80. The molecule has 0 aliphatic rings. The molecule has 0 N–H and O–H groups in total. The van der Waals surface area contributed by atoms with Crippen molar-refractivity contribution >= 4 is 22.6 Å². The lowest BCUT2D eigenvalue weighted by molar-refractivity contribution is 0.590. The van der Waals surface area contributed by atoms with E-state index in [0.29, 0.717) is 17.9 Å². The van der Waals surface area contributed by atoms with Crippen LogP contribution in [0.15, 0.2) is 24.4 Å². The number of alkyl halides is 1. The van der Waals surface area contributed by atoms with E-state index in [0.717, 1.165) is 11.8 Å². The number of aromatic nitrogens is 4. The van der Waals surface area contributed by atoms with Crippen LogP contribution < -0.4 is 0 Å². The number of hydrogen-bond donors (Lipinski definition) is 0. The first-order valence-electron chi connectivity index (χ1n) is 5.97. The molecule has 2 heterocycles. The Bertz CT molecular complexity index is 778. The van der Waals surface area contributed by atoms with Gasteiger partial charge in [0.2, 0.25) is 0 Å². The van der Waals surface area contributed by atoms with Gasteiger partial charge in [0.15, 0.2) is 5.82 Å². The molecule has 2 aromatic heterocycles. The van der Waals surface area contributed by atoms with E-state index in [-0.39, 0.29) is 11.4 Å². The fourth-order valence-electron chi connectivity index (χ4n) is 2.19. The Hall–Kier alpha value is -1.95. The third-order valence-corrected chi connectivity index (χ3v) is 3.30. The fraction of sp³-hybridized carbons (Fsp3) is 0.231. The molecule has 0 spiro atoms. The smallest absolute Gasteiger partial charge is 0.153 e. The first-order valence-corrected chi connectivity index (χ1v) is 6.50. The molecule has 4 nitrogen and oxygen atoms in total. The lowest BCUT2D eigenvalue weighted by atomic mass is 10.3. The second-order valence-corrected chi connectivity index (χ2v) is 4.75. The van der Waals surface area contributed by atoms with Gasteiger partial charge in [0.25, 0.3) is 0 Å². The van der Waals surface area contributed by atoms with Crippen molar-refractivity contribution in [2.45, 2.75) is 12.4 Å². The predicted octanol–water partition coefficient (Wildman–Crippen LogP) is 2.84. The molecule has 104 valence electrons. The van der Waals surface area contributed by atoms with Crippen molar-refractivity contribution in [2.24, 2.45) is 7.05 Å². The summed E-state index contributed by atoms with van der Waals surface area (Å²) in [4.78, 5) is 4.13. The molecule has 0 fully saturated rings. The summed E-state index contributed by atoms with van der Waals surface area (Å²) in [5.74, 6) is -0.732. The highest BCUT2D eigenvalue weighted by atomic mass is 35.5. The molecule has 0 atom stereocenters. The Morgan fingerprint density at radius 1 is 1.30 bits per heavy atom. The highest BCUT2D eigenvalue weighted by molar-refractivity contribution is 6.16. The molecule has 1 aromatic carbocycles. The fourth-order valence-corrected chi connectivity index (χ4v) is 2.39. The third kappa shape index (κ3) is 2.16. The van der Waals surface area contributed by atoms with E-state index in [2.05, 4.69) is 10.1 Å². The minimum Gasteiger partial charge on any atom is -0.321 e. The van der Waals surface area contributed by atoms with Gasteiger partial charge in [0.1, 0.15) is 17.2 Å². The van der Waals surface area contributed by atoms with E-state index in [1.165, 1.54) is 6.07 Å². The van der Waals surface area contributed by atoms with Crippen LogP contribution in [0.3, 0.4) is 0 Å². The standard InChI is InChI=1S/C13H11ClF2N4/c1-19-3-2-9(18-19)7-20-11-5-8(15)4-10(16)13(11)17-12(20)6-14/h2-5H,6-7H2,1H3. The van der Waals surface area contributed by atoms with Crippen molar-refractivity contribution in [3.63, 3.8) is 0 Å². The molecule has 3 rings (SSSR count). The van der Waals surface area contributed by atoms with E-state index in [1.54, 1.807) is 22.5 Å². The Morgan fingerprint density at radius 2 is 2.10 bits per heavy atom. The quantitative estimate of drug-likeness (QED) is 0.697. The first-order chi connectivity index (χ1) is 9.58. The zero-order chi connectivity index (χ0) is 14.3. The van der Waals surface area contributed by atoms with Gasteiger partial charge in [-0.3, -0.25) is 4.68 Å². The molecule has 0 amide bonds. The van der Waals surface area contributed by atoms with E-state index in [9.17, 15) is 8.78 Å². The van der Waals surface area contributed by atoms with Crippen molar-refractivity contribution in [3.8, 4) is 0 Å². The van der Waals surface area contributed by atoms with Crippen molar-refractivity contribution in [1.82, 2.24) is 19.3 Å². The van der Waals surface area contributed by atoms with Crippen LogP contribution in [0.4, 0.5) is 8.78 Å². The Morgan fingerprint density at radius 3 is 2.75 bits per heavy atom. The predicted molar refractivity (Wildman–Crippen MR) is 71.5 cm³/mol. The van der Waals surface area contributed by atoms with E-state index in [1.807, 2.05) is 6.07 Å². The number of benzene rings is 1. The van der Waals surface area contributed by atoms with E-state index >= 15 is 0 Å². The second kappa shape index (κ2) is 4.86. The lowest BCUT2D eigenvalue weighted by Crippen LogP contribution is -2.05. The zero-order valence-corrected chi connectivity index (χ0v) is 11.4. The van der Waals surface area contributed by atoms with Crippen LogP contribution in [0.1, 0.15) is 11.5 Å². The van der Waals surface area contributed by atoms with E-state index in [4.69, 9.17) is 11.6 Å². The van der Waals surface area contributed by atoms with Gasteiger partial charge in [-0.15, -0.1) is 11.6 Å². The molecule has 0 unspecified atom stereocenters. The van der Waals surface area contributed by atoms with Crippen LogP contribution in [0.25, 0.3) is 11.0 Å². The number of nitrogens with zero attached hydrogens (tertiary/aromatic N) is 4. The molecule has 20 heavy (non-hydrogen) atoms. The number of imidazole rings is 1. The molecule has 0 aliphatic carbocycles. The Balaban J connectivity index is 2.17. The van der Waals surface area contributed by atoms with Crippen molar-refractivity contribution < 1.29 is 8.78 Å². The topological polar surface area (TPSA) is 35.6 Å². The minimum atomic E-state index is -0.689. The second-order valence-electron chi connectivity index (χ2n) is 4.48. The summed E-state index contributed by atoms with van der Waals surface area (Å²) >= 11 is 5.84. The monoisotopic (exact) mass is 296 g/mol. The largest absolute Gasteiger partial charge is 0.321 e. The van der Waals surface area contributed by atoms with Crippen LogP contribution in [0.5, 0.6) is 0 Å². The van der Waals surface area contributed by atoms with Gasteiger partial charge < -0.3 is 4.57 Å². The normalized spacial score (nSPS) is 11.4. The molecule has 0 saturated heterocycles. The van der Waals surface area contributed by atoms with Gasteiger partial charge in [-0.25, -0.2) is 13.8 Å². The van der Waals surface area contributed by atoms with Crippen LogP contribution in [0.2, 0.25) is 0 Å². The number of aryl methyl sites for hydroxylation is 1. The maximum Gasteiger partial charge on any atom is 0.153 e. The van der Waals surface area contributed by atoms with Crippen LogP contribution in [-0.2, 0) is 19.5 Å². The van der Waals surface area contributed by atoms with Gasteiger partial charge in [-0.2, -0.15) is 5.10 Å². The summed E-state index contributed by atoms with van der Waals surface area (Å²) < 4.78 is 30.5. The average Bonchev–Trinajstić information content (AvgIpc) is 2.95. The maximum atomic E-state index is 13.7. The molecule has 0 saturated carbocycles. The zero-order valence-electron chi connectivity index (χ0n) is 10.6. The van der Waals surface area contributed by atoms with Crippen LogP contribution >= 0.6 is 11.6 Å². The molecule has 7 heteroatoms. The van der Waals surface area contributed by atoms with E-state index < -0.39 is 11.6 Å². The minimum absolute atomic E-state index is 0.114. The molecular weight excluding hydrogens is 286 g/mol. The molecular formula is C13H11ClF2N4. The van der Waals surface area contributed by atoms with Gasteiger partial charge >= 0.3 is 0 Å². The third-order valence-electron chi connectivity index (χ3n) is 3.06. The summed E-state index contributed by atoms with van der Waals surface area (Å²) in [6, 6.07) is 3.91. The number of hydrogen-bond acceptors (Lipinski definition) is 2. The van der Waals surface area contributed by atoms with Crippen molar-refractivity contribution in [2.75, 3.05) is 0 Å². The van der Waals surface area contributed by atoms with Crippen molar-refractivity contribution in [1.29, 1.82) is 0 Å². The summed E-state index contributed by atoms with van der Waals surface area (Å²) in [6.45, 7) is 0.363.